The van der Waals surface area contributed by atoms with Crippen LogP contribution < -0.4 is 4.74 Å². The number of fused-ring (bicyclic) bond motifs is 1. The molecule has 0 radical (unpaired) electrons. The standard InChI is InChI=1S/C23H23N3O2/c1-16-21(17(2)26(24-16)20-10-5-4-6-11-20)14-25(3)23(27)19-13-18-9-7-8-12-22(18)28-15-19/h4-13H,14-15H2,1-3H3. The summed E-state index contributed by atoms with van der Waals surface area (Å²) in [5.74, 6) is 0.790. The quantitative estimate of drug-likeness (QED) is 0.696. The van der Waals surface area contributed by atoms with Crippen LogP contribution in [0.25, 0.3) is 11.8 Å². The molecule has 0 unspecified atom stereocenters. The molecule has 0 aliphatic carbocycles. The molecule has 1 aliphatic rings. The van der Waals surface area contributed by atoms with Crippen LogP contribution >= 0.6 is 0 Å². The van der Waals surface area contributed by atoms with E-state index in [1.54, 1.807) is 4.90 Å². The van der Waals surface area contributed by atoms with Crippen LogP contribution in [0.2, 0.25) is 0 Å². The lowest BCUT2D eigenvalue weighted by Crippen LogP contribution is -2.31. The summed E-state index contributed by atoms with van der Waals surface area (Å²) in [6, 6.07) is 17.8. The summed E-state index contributed by atoms with van der Waals surface area (Å²) in [5.41, 5.74) is 5.66. The number of carbonyl (C=O) groups excluding carboxylic acids is 1. The first kappa shape index (κ1) is 18.0. The summed E-state index contributed by atoms with van der Waals surface area (Å²) >= 11 is 0. The molecule has 5 heteroatoms. The molecule has 0 N–H and O–H groups in total. The molecule has 0 fully saturated rings. The molecule has 0 saturated carbocycles. The monoisotopic (exact) mass is 373 g/mol. The highest BCUT2D eigenvalue weighted by atomic mass is 16.5. The number of rotatable bonds is 4. The molecule has 1 amide bonds. The van der Waals surface area contributed by atoms with Crippen LogP contribution in [-0.4, -0.2) is 34.2 Å². The molecule has 1 aromatic heterocycles. The topological polar surface area (TPSA) is 47.4 Å². The van der Waals surface area contributed by atoms with E-state index >= 15 is 0 Å². The zero-order valence-electron chi connectivity index (χ0n) is 16.3. The van der Waals surface area contributed by atoms with Crippen molar-refractivity contribution in [2.45, 2.75) is 20.4 Å². The summed E-state index contributed by atoms with van der Waals surface area (Å²) in [6.45, 7) is 4.82. The van der Waals surface area contributed by atoms with E-state index in [1.807, 2.05) is 86.3 Å². The highest BCUT2D eigenvalue weighted by Crippen LogP contribution is 2.27. The highest BCUT2D eigenvalue weighted by Gasteiger charge is 2.22. The van der Waals surface area contributed by atoms with Crippen molar-refractivity contribution in [1.29, 1.82) is 0 Å². The summed E-state index contributed by atoms with van der Waals surface area (Å²) in [4.78, 5) is 14.7. The van der Waals surface area contributed by atoms with Crippen LogP contribution in [0.15, 0.2) is 60.2 Å². The summed E-state index contributed by atoms with van der Waals surface area (Å²) in [7, 11) is 1.82. The third-order valence-corrected chi connectivity index (χ3v) is 5.09. The van der Waals surface area contributed by atoms with Gasteiger partial charge in [-0.05, 0) is 38.1 Å². The maximum Gasteiger partial charge on any atom is 0.253 e. The van der Waals surface area contributed by atoms with Gasteiger partial charge in [-0.3, -0.25) is 4.79 Å². The molecule has 2 aromatic carbocycles. The number of hydrogen-bond donors (Lipinski definition) is 0. The minimum atomic E-state index is -0.0271. The fourth-order valence-electron chi connectivity index (χ4n) is 3.52. The Bertz CT molecular complexity index is 1050. The van der Waals surface area contributed by atoms with Gasteiger partial charge in [0.05, 0.1) is 17.0 Å². The fraction of sp³-hybridized carbons (Fsp3) is 0.217. The summed E-state index contributed by atoms with van der Waals surface area (Å²) in [5, 5.41) is 4.67. The molecule has 4 rings (SSSR count). The number of ether oxygens (including phenoxy) is 1. The van der Waals surface area contributed by atoms with Crippen molar-refractivity contribution < 1.29 is 9.53 Å². The highest BCUT2D eigenvalue weighted by molar-refractivity contribution is 5.99. The van der Waals surface area contributed by atoms with E-state index in [2.05, 4.69) is 5.10 Å². The molecule has 142 valence electrons. The molecule has 0 atom stereocenters. The van der Waals surface area contributed by atoms with Gasteiger partial charge in [0.25, 0.3) is 5.91 Å². The average Bonchev–Trinajstić information content (AvgIpc) is 3.01. The van der Waals surface area contributed by atoms with Gasteiger partial charge < -0.3 is 9.64 Å². The van der Waals surface area contributed by atoms with Crippen molar-refractivity contribution in [2.75, 3.05) is 13.7 Å². The average molecular weight is 373 g/mol. The molecular weight excluding hydrogens is 350 g/mol. The van der Waals surface area contributed by atoms with Crippen molar-refractivity contribution in [3.05, 3.63) is 82.7 Å². The van der Waals surface area contributed by atoms with Crippen molar-refractivity contribution in [1.82, 2.24) is 14.7 Å². The first-order chi connectivity index (χ1) is 13.5. The number of hydrogen-bond acceptors (Lipinski definition) is 3. The molecule has 28 heavy (non-hydrogen) atoms. The second-order valence-electron chi connectivity index (χ2n) is 7.05. The van der Waals surface area contributed by atoms with E-state index < -0.39 is 0 Å². The minimum absolute atomic E-state index is 0.0271. The van der Waals surface area contributed by atoms with Gasteiger partial charge in [-0.2, -0.15) is 5.10 Å². The summed E-state index contributed by atoms with van der Waals surface area (Å²) < 4.78 is 7.67. The Morgan fingerprint density at radius 1 is 1.11 bits per heavy atom. The first-order valence-corrected chi connectivity index (χ1v) is 9.33. The second-order valence-corrected chi connectivity index (χ2v) is 7.05. The lowest BCUT2D eigenvalue weighted by Gasteiger charge is -2.22. The second kappa shape index (κ2) is 7.35. The molecule has 0 saturated heterocycles. The number of benzene rings is 2. The van der Waals surface area contributed by atoms with Gasteiger partial charge >= 0.3 is 0 Å². The van der Waals surface area contributed by atoms with Crippen molar-refractivity contribution in [3.8, 4) is 11.4 Å². The zero-order chi connectivity index (χ0) is 19.7. The Kier molecular flexibility index (Phi) is 4.74. The van der Waals surface area contributed by atoms with Crippen LogP contribution in [-0.2, 0) is 11.3 Å². The van der Waals surface area contributed by atoms with E-state index in [1.165, 1.54) is 0 Å². The van der Waals surface area contributed by atoms with Crippen molar-refractivity contribution in [3.63, 3.8) is 0 Å². The lowest BCUT2D eigenvalue weighted by atomic mass is 10.1. The SMILES string of the molecule is Cc1nn(-c2ccccc2)c(C)c1CN(C)C(=O)C1=Cc2ccccc2OC1. The van der Waals surface area contributed by atoms with Gasteiger partial charge in [0.1, 0.15) is 12.4 Å². The Hall–Kier alpha value is -3.34. The third-order valence-electron chi connectivity index (χ3n) is 5.09. The van der Waals surface area contributed by atoms with Crippen LogP contribution in [0.5, 0.6) is 5.75 Å². The number of carbonyl (C=O) groups is 1. The third kappa shape index (κ3) is 3.31. The Morgan fingerprint density at radius 3 is 2.61 bits per heavy atom. The smallest absolute Gasteiger partial charge is 0.253 e. The number of para-hydroxylation sites is 2. The van der Waals surface area contributed by atoms with E-state index in [9.17, 15) is 4.79 Å². The Morgan fingerprint density at radius 2 is 1.82 bits per heavy atom. The molecule has 3 aromatic rings. The van der Waals surface area contributed by atoms with Gasteiger partial charge in [0.15, 0.2) is 0 Å². The van der Waals surface area contributed by atoms with Gasteiger partial charge in [-0.25, -0.2) is 4.68 Å². The summed E-state index contributed by atoms with van der Waals surface area (Å²) in [6.07, 6.45) is 1.92. The zero-order valence-corrected chi connectivity index (χ0v) is 16.3. The lowest BCUT2D eigenvalue weighted by molar-refractivity contribution is -0.126. The van der Waals surface area contributed by atoms with Crippen molar-refractivity contribution in [2.24, 2.45) is 0 Å². The number of likely N-dealkylation sites (N-methyl/N-ethyl adjacent to an activating group) is 1. The van der Waals surface area contributed by atoms with E-state index in [4.69, 9.17) is 4.74 Å². The maximum atomic E-state index is 13.0. The maximum absolute atomic E-state index is 13.0. The van der Waals surface area contributed by atoms with Gasteiger partial charge in [-0.1, -0.05) is 36.4 Å². The predicted octanol–water partition coefficient (Wildman–Crippen LogP) is 3.92. The molecule has 0 bridgehead atoms. The molecule has 5 nitrogen and oxygen atoms in total. The van der Waals surface area contributed by atoms with E-state index in [0.29, 0.717) is 18.7 Å². The molecular formula is C23H23N3O2. The first-order valence-electron chi connectivity index (χ1n) is 9.33. The van der Waals surface area contributed by atoms with Gasteiger partial charge in [0, 0.05) is 30.4 Å². The molecule has 0 spiro atoms. The van der Waals surface area contributed by atoms with E-state index in [-0.39, 0.29) is 5.91 Å². The minimum Gasteiger partial charge on any atom is -0.488 e. The Labute approximate surface area is 164 Å². The van der Waals surface area contributed by atoms with Crippen LogP contribution in [0.3, 0.4) is 0 Å². The molecule has 1 aliphatic heterocycles. The van der Waals surface area contributed by atoms with Crippen LogP contribution in [0.1, 0.15) is 22.5 Å². The van der Waals surface area contributed by atoms with Gasteiger partial charge in [0.2, 0.25) is 0 Å². The number of aryl methyl sites for hydroxylation is 1. The number of amides is 1. The van der Waals surface area contributed by atoms with Crippen LogP contribution in [0, 0.1) is 13.8 Å². The predicted molar refractivity (Wildman–Crippen MR) is 109 cm³/mol. The number of nitrogens with zero attached hydrogens (tertiary/aromatic N) is 3. The molecule has 2 heterocycles. The normalized spacial score (nSPS) is 12.8. The van der Waals surface area contributed by atoms with Gasteiger partial charge in [-0.15, -0.1) is 0 Å². The fourth-order valence-corrected chi connectivity index (χ4v) is 3.52. The Balaban J connectivity index is 1.56. The number of aromatic nitrogens is 2. The van der Waals surface area contributed by atoms with E-state index in [0.717, 1.165) is 34.0 Å². The largest absolute Gasteiger partial charge is 0.488 e. The van der Waals surface area contributed by atoms with Crippen molar-refractivity contribution >= 4 is 12.0 Å². The van der Waals surface area contributed by atoms with Crippen LogP contribution in [0.4, 0.5) is 0 Å².